The van der Waals surface area contributed by atoms with Gasteiger partial charge in [0.15, 0.2) is 0 Å². The van der Waals surface area contributed by atoms with Gasteiger partial charge in [0.1, 0.15) is 5.82 Å². The molecule has 0 spiro atoms. The van der Waals surface area contributed by atoms with Crippen molar-refractivity contribution in [1.82, 2.24) is 9.88 Å². The van der Waals surface area contributed by atoms with Crippen LogP contribution in [0.4, 0.5) is 5.82 Å². The largest absolute Gasteiger partial charge is 0.393 e. The molecular weight excluding hydrogens is 430 g/mol. The van der Waals surface area contributed by atoms with Crippen molar-refractivity contribution in [2.45, 2.75) is 78.2 Å². The summed E-state index contributed by atoms with van der Waals surface area (Å²) < 4.78 is 0. The van der Waals surface area contributed by atoms with E-state index in [1.807, 2.05) is 12.3 Å². The minimum atomic E-state index is -0.0951. The zero-order chi connectivity index (χ0) is 24.2. The first-order valence-corrected chi connectivity index (χ1v) is 14.6. The van der Waals surface area contributed by atoms with Crippen molar-refractivity contribution < 1.29 is 5.11 Å². The highest BCUT2D eigenvalue weighted by Crippen LogP contribution is 2.67. The number of pyridine rings is 1. The lowest BCUT2D eigenvalue weighted by atomic mass is 9.47. The Morgan fingerprint density at radius 2 is 1.86 bits per heavy atom. The molecule has 35 heavy (non-hydrogen) atoms. The topological polar surface area (TPSA) is 39.6 Å². The van der Waals surface area contributed by atoms with Crippen molar-refractivity contribution >= 4 is 5.82 Å². The second-order valence-electron chi connectivity index (χ2n) is 13.3. The van der Waals surface area contributed by atoms with E-state index in [9.17, 15) is 5.11 Å². The molecular formula is C31H47N3O. The minimum Gasteiger partial charge on any atom is -0.393 e. The van der Waals surface area contributed by atoms with Crippen LogP contribution in [0.5, 0.6) is 0 Å². The van der Waals surface area contributed by atoms with Crippen molar-refractivity contribution in [3.8, 4) is 0 Å². The van der Waals surface area contributed by atoms with Gasteiger partial charge in [-0.2, -0.15) is 0 Å². The molecule has 8 atom stereocenters. The number of hydrogen-bond donors (Lipinski definition) is 1. The molecule has 3 unspecified atom stereocenters. The van der Waals surface area contributed by atoms with E-state index in [0.29, 0.717) is 10.8 Å². The first-order valence-electron chi connectivity index (χ1n) is 14.6. The van der Waals surface area contributed by atoms with Crippen LogP contribution < -0.4 is 4.90 Å². The summed E-state index contributed by atoms with van der Waals surface area (Å²) in [4.78, 5) is 9.75. The Labute approximate surface area is 213 Å². The Bertz CT molecular complexity index is 924. The van der Waals surface area contributed by atoms with E-state index in [0.717, 1.165) is 74.4 Å². The third-order valence-electron chi connectivity index (χ3n) is 11.7. The third kappa shape index (κ3) is 4.07. The fraction of sp³-hybridized carbons (Fsp3) is 0.774. The third-order valence-corrected chi connectivity index (χ3v) is 11.7. The second kappa shape index (κ2) is 9.17. The van der Waals surface area contributed by atoms with Crippen LogP contribution in [0.15, 0.2) is 36.0 Å². The monoisotopic (exact) mass is 477 g/mol. The number of fused-ring (bicyclic) bond motifs is 5. The molecule has 5 aliphatic rings. The van der Waals surface area contributed by atoms with Crippen LogP contribution in [-0.2, 0) is 0 Å². The van der Waals surface area contributed by atoms with Gasteiger partial charge in [0, 0.05) is 38.9 Å². The van der Waals surface area contributed by atoms with Gasteiger partial charge in [0.05, 0.1) is 6.10 Å². The van der Waals surface area contributed by atoms with E-state index in [-0.39, 0.29) is 6.10 Å². The zero-order valence-corrected chi connectivity index (χ0v) is 22.3. The Morgan fingerprint density at radius 3 is 2.63 bits per heavy atom. The molecule has 3 saturated carbocycles. The zero-order valence-electron chi connectivity index (χ0n) is 22.3. The van der Waals surface area contributed by atoms with Crippen LogP contribution in [-0.4, -0.2) is 53.8 Å². The van der Waals surface area contributed by atoms with E-state index in [1.54, 1.807) is 5.57 Å². The smallest absolute Gasteiger partial charge is 0.128 e. The summed E-state index contributed by atoms with van der Waals surface area (Å²) in [6.45, 7) is 13.6. The molecule has 2 heterocycles. The lowest BCUT2D eigenvalue weighted by Gasteiger charge is -2.58. The molecule has 0 amide bonds. The summed E-state index contributed by atoms with van der Waals surface area (Å²) in [6, 6.07) is 6.25. The lowest BCUT2D eigenvalue weighted by molar-refractivity contribution is -0.0585. The first kappa shape index (κ1) is 24.0. The van der Waals surface area contributed by atoms with E-state index in [1.165, 1.54) is 45.1 Å². The van der Waals surface area contributed by atoms with Gasteiger partial charge in [-0.05, 0) is 104 Å². The number of hydrogen-bond acceptors (Lipinski definition) is 4. The standard InChI is InChI=1S/C31H47N3O/c1-22(21-33-16-18-34(19-17-33)29-6-4-5-15-32-29)26-9-10-27-25-8-7-23-20-24(35)11-13-30(23,2)28(25)12-14-31(26,27)3/h4-7,15,22,24-28,35H,8-14,16-21H2,1-3H3/t22-,24+,25?,26-,27?,28?,30+,31-/m1/s1. The lowest BCUT2D eigenvalue weighted by Crippen LogP contribution is -2.52. The maximum absolute atomic E-state index is 10.3. The molecule has 1 aliphatic heterocycles. The molecule has 0 bridgehead atoms. The van der Waals surface area contributed by atoms with Crippen molar-refractivity contribution in [1.29, 1.82) is 0 Å². The van der Waals surface area contributed by atoms with E-state index in [4.69, 9.17) is 0 Å². The van der Waals surface area contributed by atoms with Crippen LogP contribution in [0, 0.1) is 40.4 Å². The fourth-order valence-electron chi connectivity index (χ4n) is 9.85. The number of aromatic nitrogens is 1. The summed E-state index contributed by atoms with van der Waals surface area (Å²) in [5.74, 6) is 5.40. The van der Waals surface area contributed by atoms with Crippen LogP contribution >= 0.6 is 0 Å². The van der Waals surface area contributed by atoms with Crippen LogP contribution in [0.2, 0.25) is 0 Å². The SMILES string of the molecule is C[C@H](CN1CCN(c2ccccn2)CC1)[C@H]1CCC2C3CC=C4C[C@@H](O)CC[C@]4(C)C3CC[C@@]21C. The molecule has 4 nitrogen and oxygen atoms in total. The van der Waals surface area contributed by atoms with E-state index >= 15 is 0 Å². The minimum absolute atomic E-state index is 0.0951. The number of aliphatic hydroxyl groups excluding tert-OH is 1. The molecule has 192 valence electrons. The van der Waals surface area contributed by atoms with E-state index in [2.05, 4.69) is 53.8 Å². The van der Waals surface area contributed by atoms with Crippen molar-refractivity contribution in [3.05, 3.63) is 36.0 Å². The highest BCUT2D eigenvalue weighted by atomic mass is 16.3. The summed E-state index contributed by atoms with van der Waals surface area (Å²) in [7, 11) is 0. The Kier molecular flexibility index (Phi) is 6.28. The van der Waals surface area contributed by atoms with Gasteiger partial charge in [0.2, 0.25) is 0 Å². The molecule has 1 aromatic heterocycles. The van der Waals surface area contributed by atoms with Gasteiger partial charge in [-0.25, -0.2) is 4.98 Å². The summed E-state index contributed by atoms with van der Waals surface area (Å²) in [6.07, 6.45) is 14.6. The quantitative estimate of drug-likeness (QED) is 0.558. The van der Waals surface area contributed by atoms with Gasteiger partial charge in [-0.3, -0.25) is 4.90 Å². The molecule has 1 aromatic rings. The van der Waals surface area contributed by atoms with Crippen LogP contribution in [0.1, 0.15) is 72.1 Å². The van der Waals surface area contributed by atoms with Crippen LogP contribution in [0.3, 0.4) is 0 Å². The van der Waals surface area contributed by atoms with Crippen molar-refractivity contribution in [3.63, 3.8) is 0 Å². The van der Waals surface area contributed by atoms with Gasteiger partial charge in [-0.15, -0.1) is 0 Å². The molecule has 0 aromatic carbocycles. The maximum atomic E-state index is 10.3. The van der Waals surface area contributed by atoms with Crippen molar-refractivity contribution in [2.24, 2.45) is 40.4 Å². The highest BCUT2D eigenvalue weighted by Gasteiger charge is 2.59. The molecule has 0 radical (unpaired) electrons. The summed E-state index contributed by atoms with van der Waals surface area (Å²) >= 11 is 0. The number of piperazine rings is 1. The average molecular weight is 478 g/mol. The highest BCUT2D eigenvalue weighted by molar-refractivity contribution is 5.38. The number of nitrogens with zero attached hydrogens (tertiary/aromatic N) is 3. The Hall–Kier alpha value is -1.39. The molecule has 1 saturated heterocycles. The summed E-state index contributed by atoms with van der Waals surface area (Å²) in [5, 5.41) is 10.3. The second-order valence-corrected chi connectivity index (χ2v) is 13.3. The Morgan fingerprint density at radius 1 is 1.03 bits per heavy atom. The number of aliphatic hydroxyl groups is 1. The molecule has 6 rings (SSSR count). The molecule has 4 fully saturated rings. The number of anilines is 1. The van der Waals surface area contributed by atoms with Gasteiger partial charge in [0.25, 0.3) is 0 Å². The van der Waals surface area contributed by atoms with Gasteiger partial charge < -0.3 is 10.0 Å². The maximum Gasteiger partial charge on any atom is 0.128 e. The first-order chi connectivity index (χ1) is 16.9. The molecule has 4 aliphatic carbocycles. The van der Waals surface area contributed by atoms with Gasteiger partial charge >= 0.3 is 0 Å². The molecule has 4 heteroatoms. The predicted molar refractivity (Wildman–Crippen MR) is 143 cm³/mol. The van der Waals surface area contributed by atoms with Crippen LogP contribution in [0.25, 0.3) is 0 Å². The number of allylic oxidation sites excluding steroid dienone is 1. The van der Waals surface area contributed by atoms with Gasteiger partial charge in [-0.1, -0.05) is 38.5 Å². The predicted octanol–water partition coefficient (Wildman–Crippen LogP) is 5.78. The summed E-state index contributed by atoms with van der Waals surface area (Å²) in [5.41, 5.74) is 2.49. The normalized spacial score (nSPS) is 42.6. The number of rotatable bonds is 4. The van der Waals surface area contributed by atoms with Crippen molar-refractivity contribution in [2.75, 3.05) is 37.6 Å². The average Bonchev–Trinajstić information content (AvgIpc) is 3.23. The molecule has 1 N–H and O–H groups in total. The fourth-order valence-corrected chi connectivity index (χ4v) is 9.85. The Balaban J connectivity index is 1.10. The van der Waals surface area contributed by atoms with E-state index < -0.39 is 0 Å².